The van der Waals surface area contributed by atoms with Gasteiger partial charge in [-0.05, 0) is 41.8 Å². The molecule has 1 aliphatic rings. The molecule has 16 heavy (non-hydrogen) atoms. The monoisotopic (exact) mass is 229 g/mol. The van der Waals surface area contributed by atoms with E-state index < -0.39 is 0 Å². The summed E-state index contributed by atoms with van der Waals surface area (Å²) in [6.45, 7) is 2.17. The highest BCUT2D eigenvalue weighted by Gasteiger charge is 2.21. The van der Waals surface area contributed by atoms with Crippen LogP contribution in [0.4, 0.5) is 5.69 Å². The van der Waals surface area contributed by atoms with Crippen molar-refractivity contribution >= 4 is 17.0 Å². The molecule has 1 unspecified atom stereocenters. The van der Waals surface area contributed by atoms with E-state index in [0.29, 0.717) is 6.04 Å². The Hall–Kier alpha value is -1.28. The topological polar surface area (TPSA) is 12.0 Å². The molecule has 0 saturated heterocycles. The molecule has 0 fully saturated rings. The summed E-state index contributed by atoms with van der Waals surface area (Å²) in [4.78, 5) is 0. The zero-order chi connectivity index (χ0) is 11.0. The Bertz CT molecular complexity index is 501. The molecule has 1 heterocycles. The van der Waals surface area contributed by atoms with Crippen molar-refractivity contribution in [2.24, 2.45) is 0 Å². The second-order valence-electron chi connectivity index (χ2n) is 4.40. The molecule has 1 aliphatic carbocycles. The molecule has 0 radical (unpaired) electrons. The highest BCUT2D eigenvalue weighted by Crippen LogP contribution is 2.34. The highest BCUT2D eigenvalue weighted by molar-refractivity contribution is 7.08. The van der Waals surface area contributed by atoms with Gasteiger partial charge in [-0.2, -0.15) is 0 Å². The fourth-order valence-electron chi connectivity index (χ4n) is 2.40. The van der Waals surface area contributed by atoms with E-state index in [1.54, 1.807) is 11.3 Å². The van der Waals surface area contributed by atoms with Gasteiger partial charge in [-0.15, -0.1) is 11.3 Å². The van der Waals surface area contributed by atoms with Crippen LogP contribution in [0, 0.1) is 6.92 Å². The molecule has 1 aromatic heterocycles. The van der Waals surface area contributed by atoms with Crippen LogP contribution in [0.3, 0.4) is 0 Å². The standard InChI is InChI=1S/C14H15NS/c1-10-8-16-9-14(10)15-13-7-6-11-4-2-3-5-12(11)13/h2-5,8-9,13,15H,6-7H2,1H3. The Balaban J connectivity index is 1.86. The maximum absolute atomic E-state index is 3.66. The van der Waals surface area contributed by atoms with Crippen LogP contribution in [0.5, 0.6) is 0 Å². The van der Waals surface area contributed by atoms with Gasteiger partial charge in [0, 0.05) is 11.1 Å². The van der Waals surface area contributed by atoms with Gasteiger partial charge in [0.05, 0.1) is 6.04 Å². The molecule has 0 amide bonds. The van der Waals surface area contributed by atoms with Crippen LogP contribution in [-0.4, -0.2) is 0 Å². The quantitative estimate of drug-likeness (QED) is 0.815. The van der Waals surface area contributed by atoms with Gasteiger partial charge < -0.3 is 5.32 Å². The molecule has 0 saturated carbocycles. The van der Waals surface area contributed by atoms with Crippen molar-refractivity contribution in [3.8, 4) is 0 Å². The first kappa shape index (κ1) is 9.91. The van der Waals surface area contributed by atoms with E-state index in [1.165, 1.54) is 35.2 Å². The van der Waals surface area contributed by atoms with Gasteiger partial charge in [0.1, 0.15) is 0 Å². The number of fused-ring (bicyclic) bond motifs is 1. The van der Waals surface area contributed by atoms with Crippen molar-refractivity contribution in [2.45, 2.75) is 25.8 Å². The number of benzene rings is 1. The molecule has 0 aliphatic heterocycles. The van der Waals surface area contributed by atoms with E-state index in [9.17, 15) is 0 Å². The Morgan fingerprint density at radius 1 is 1.25 bits per heavy atom. The molecule has 1 nitrogen and oxygen atoms in total. The van der Waals surface area contributed by atoms with Crippen LogP contribution >= 0.6 is 11.3 Å². The first-order chi connectivity index (χ1) is 7.84. The van der Waals surface area contributed by atoms with Crippen molar-refractivity contribution in [1.29, 1.82) is 0 Å². The van der Waals surface area contributed by atoms with Crippen LogP contribution in [-0.2, 0) is 6.42 Å². The maximum atomic E-state index is 3.66. The molecule has 1 atom stereocenters. The second-order valence-corrected chi connectivity index (χ2v) is 5.15. The SMILES string of the molecule is Cc1cscc1NC1CCc2ccccc21. The van der Waals surface area contributed by atoms with Crippen molar-refractivity contribution in [3.05, 3.63) is 51.7 Å². The average Bonchev–Trinajstić information content (AvgIpc) is 2.88. The van der Waals surface area contributed by atoms with E-state index in [0.717, 1.165) is 0 Å². The predicted molar refractivity (Wildman–Crippen MR) is 70.2 cm³/mol. The molecule has 0 spiro atoms. The van der Waals surface area contributed by atoms with E-state index in [-0.39, 0.29) is 0 Å². The summed E-state index contributed by atoms with van der Waals surface area (Å²) < 4.78 is 0. The molecule has 1 aromatic carbocycles. The normalized spacial score (nSPS) is 18.4. The van der Waals surface area contributed by atoms with Gasteiger partial charge in [-0.25, -0.2) is 0 Å². The largest absolute Gasteiger partial charge is 0.377 e. The van der Waals surface area contributed by atoms with Gasteiger partial charge in [-0.1, -0.05) is 24.3 Å². The number of anilines is 1. The van der Waals surface area contributed by atoms with Crippen LogP contribution in [0.25, 0.3) is 0 Å². The Labute approximate surface area is 100 Å². The summed E-state index contributed by atoms with van der Waals surface area (Å²) in [6, 6.07) is 9.28. The number of nitrogens with one attached hydrogen (secondary N) is 1. The van der Waals surface area contributed by atoms with Crippen molar-refractivity contribution in [2.75, 3.05) is 5.32 Å². The summed E-state index contributed by atoms with van der Waals surface area (Å²) in [5.41, 5.74) is 5.64. The minimum atomic E-state index is 0.504. The summed E-state index contributed by atoms with van der Waals surface area (Å²) >= 11 is 1.77. The van der Waals surface area contributed by atoms with E-state index >= 15 is 0 Å². The molecular formula is C14H15NS. The van der Waals surface area contributed by atoms with Gasteiger partial charge in [0.15, 0.2) is 0 Å². The number of rotatable bonds is 2. The summed E-state index contributed by atoms with van der Waals surface area (Å²) in [6.07, 6.45) is 2.42. The fraction of sp³-hybridized carbons (Fsp3) is 0.286. The lowest BCUT2D eigenvalue weighted by molar-refractivity contribution is 0.762. The third-order valence-corrected chi connectivity index (χ3v) is 4.18. The highest BCUT2D eigenvalue weighted by atomic mass is 32.1. The molecular weight excluding hydrogens is 214 g/mol. The minimum Gasteiger partial charge on any atom is -0.377 e. The molecule has 1 N–H and O–H groups in total. The van der Waals surface area contributed by atoms with E-state index in [2.05, 4.69) is 47.3 Å². The average molecular weight is 229 g/mol. The van der Waals surface area contributed by atoms with Gasteiger partial charge >= 0.3 is 0 Å². The zero-order valence-electron chi connectivity index (χ0n) is 9.36. The third kappa shape index (κ3) is 1.63. The summed E-state index contributed by atoms with van der Waals surface area (Å²) in [5.74, 6) is 0. The van der Waals surface area contributed by atoms with Crippen LogP contribution < -0.4 is 5.32 Å². The summed E-state index contributed by atoms with van der Waals surface area (Å²) in [5, 5.41) is 8.06. The first-order valence-electron chi connectivity index (χ1n) is 5.72. The number of hydrogen-bond donors (Lipinski definition) is 1. The third-order valence-electron chi connectivity index (χ3n) is 3.32. The first-order valence-corrected chi connectivity index (χ1v) is 6.66. The van der Waals surface area contributed by atoms with Crippen molar-refractivity contribution < 1.29 is 0 Å². The van der Waals surface area contributed by atoms with E-state index in [1.807, 2.05) is 0 Å². The smallest absolute Gasteiger partial charge is 0.0520 e. The number of thiophene rings is 1. The lowest BCUT2D eigenvalue weighted by Gasteiger charge is -2.15. The van der Waals surface area contributed by atoms with Crippen LogP contribution in [0.15, 0.2) is 35.0 Å². The van der Waals surface area contributed by atoms with E-state index in [4.69, 9.17) is 0 Å². The van der Waals surface area contributed by atoms with Crippen molar-refractivity contribution in [3.63, 3.8) is 0 Å². The zero-order valence-corrected chi connectivity index (χ0v) is 10.2. The number of hydrogen-bond acceptors (Lipinski definition) is 2. The maximum Gasteiger partial charge on any atom is 0.0520 e. The lowest BCUT2D eigenvalue weighted by Crippen LogP contribution is -2.06. The molecule has 3 rings (SSSR count). The van der Waals surface area contributed by atoms with Gasteiger partial charge in [0.25, 0.3) is 0 Å². The molecule has 2 aromatic rings. The van der Waals surface area contributed by atoms with Gasteiger partial charge in [-0.3, -0.25) is 0 Å². The lowest BCUT2D eigenvalue weighted by atomic mass is 10.1. The molecule has 2 heteroatoms. The Morgan fingerprint density at radius 2 is 2.12 bits per heavy atom. The fourth-order valence-corrected chi connectivity index (χ4v) is 3.19. The minimum absolute atomic E-state index is 0.504. The molecule has 82 valence electrons. The summed E-state index contributed by atoms with van der Waals surface area (Å²) in [7, 11) is 0. The second kappa shape index (κ2) is 3.95. The number of aryl methyl sites for hydroxylation is 2. The Morgan fingerprint density at radius 3 is 2.94 bits per heavy atom. The Kier molecular flexibility index (Phi) is 2.44. The van der Waals surface area contributed by atoms with Crippen LogP contribution in [0.1, 0.15) is 29.2 Å². The molecule has 0 bridgehead atoms. The van der Waals surface area contributed by atoms with Crippen molar-refractivity contribution in [1.82, 2.24) is 0 Å². The van der Waals surface area contributed by atoms with Gasteiger partial charge in [0.2, 0.25) is 0 Å². The van der Waals surface area contributed by atoms with Crippen LogP contribution in [0.2, 0.25) is 0 Å². The predicted octanol–water partition coefficient (Wildman–Crippen LogP) is 4.16.